The molecule has 4 rings (SSSR count). The minimum absolute atomic E-state index is 0.0305. The molecule has 35 heavy (non-hydrogen) atoms. The van der Waals surface area contributed by atoms with E-state index in [-0.39, 0.29) is 11.5 Å². The summed E-state index contributed by atoms with van der Waals surface area (Å²) in [4.78, 5) is 35.5. The lowest BCUT2D eigenvalue weighted by molar-refractivity contribution is 0.0742. The second kappa shape index (κ2) is 11.8. The Labute approximate surface area is 215 Å². The Balaban J connectivity index is 1.52. The Hall–Kier alpha value is -2.77. The highest BCUT2D eigenvalue weighted by Crippen LogP contribution is 2.18. The van der Waals surface area contributed by atoms with Gasteiger partial charge in [-0.05, 0) is 69.6 Å². The Morgan fingerprint density at radius 2 is 1.74 bits per heavy atom. The fraction of sp³-hybridized carbons (Fsp3) is 0.393. The molecule has 0 fully saturated rings. The van der Waals surface area contributed by atoms with Gasteiger partial charge in [0.05, 0.1) is 12.2 Å². The fourth-order valence-corrected chi connectivity index (χ4v) is 4.80. The van der Waals surface area contributed by atoms with Crippen molar-refractivity contribution in [2.24, 2.45) is 0 Å². The topological polar surface area (TPSA) is 58.4 Å². The van der Waals surface area contributed by atoms with E-state index in [1.54, 1.807) is 0 Å². The van der Waals surface area contributed by atoms with Crippen LogP contribution in [0.4, 0.5) is 0 Å². The maximum Gasteiger partial charge on any atom is 0.257 e. The Bertz CT molecular complexity index is 1210. The number of hydrogen-bond donors (Lipinski definition) is 0. The van der Waals surface area contributed by atoms with E-state index in [9.17, 15) is 9.59 Å². The van der Waals surface area contributed by atoms with Crippen molar-refractivity contribution in [1.29, 1.82) is 0 Å². The molecule has 1 aromatic heterocycles. The lowest BCUT2D eigenvalue weighted by Gasteiger charge is -2.25. The summed E-state index contributed by atoms with van der Waals surface area (Å²) in [5.41, 5.74) is 3.71. The van der Waals surface area contributed by atoms with Crippen LogP contribution in [0.3, 0.4) is 0 Å². The summed E-state index contributed by atoms with van der Waals surface area (Å²) in [7, 11) is 4.03. The minimum Gasteiger partial charge on any atom is -0.337 e. The summed E-state index contributed by atoms with van der Waals surface area (Å²) >= 11 is 3.44. The molecule has 0 bridgehead atoms. The minimum atomic E-state index is 0.0305. The van der Waals surface area contributed by atoms with Crippen LogP contribution < -0.4 is 5.56 Å². The number of carbonyl (C=O) groups is 1. The van der Waals surface area contributed by atoms with E-state index in [0.29, 0.717) is 31.6 Å². The highest BCUT2D eigenvalue weighted by molar-refractivity contribution is 9.10. The van der Waals surface area contributed by atoms with E-state index in [2.05, 4.69) is 20.8 Å². The molecule has 7 heteroatoms. The molecule has 1 aliphatic carbocycles. The van der Waals surface area contributed by atoms with E-state index in [1.165, 1.54) is 0 Å². The van der Waals surface area contributed by atoms with Gasteiger partial charge in [-0.1, -0.05) is 46.3 Å². The van der Waals surface area contributed by atoms with Crippen molar-refractivity contribution in [3.8, 4) is 0 Å². The van der Waals surface area contributed by atoms with Gasteiger partial charge in [0.15, 0.2) is 0 Å². The third-order valence-electron chi connectivity index (χ3n) is 6.48. The second-order valence-corrected chi connectivity index (χ2v) is 10.3. The van der Waals surface area contributed by atoms with Crippen LogP contribution in [0, 0.1) is 0 Å². The molecule has 2 aromatic carbocycles. The van der Waals surface area contributed by atoms with Gasteiger partial charge < -0.3 is 9.80 Å². The van der Waals surface area contributed by atoms with E-state index < -0.39 is 0 Å². The zero-order valence-corrected chi connectivity index (χ0v) is 22.1. The molecule has 0 saturated heterocycles. The van der Waals surface area contributed by atoms with Crippen LogP contribution in [0.15, 0.2) is 63.9 Å². The summed E-state index contributed by atoms with van der Waals surface area (Å²) in [5.74, 6) is 0.853. The van der Waals surface area contributed by atoms with E-state index in [1.807, 2.05) is 78.2 Å². The lowest BCUT2D eigenvalue weighted by Crippen LogP contribution is -2.38. The third kappa shape index (κ3) is 6.47. The summed E-state index contributed by atoms with van der Waals surface area (Å²) in [6.07, 6.45) is 4.08. The van der Waals surface area contributed by atoms with Crippen LogP contribution >= 0.6 is 15.9 Å². The SMILES string of the molecule is CN(C)CCN(CCCc1nc2c(c(=O)n1Cc1ccccc1)CCC2)C(=O)c1ccc(Br)cc1. The quantitative estimate of drug-likeness (QED) is 0.390. The number of halogens is 1. The smallest absolute Gasteiger partial charge is 0.257 e. The van der Waals surface area contributed by atoms with Crippen molar-refractivity contribution < 1.29 is 4.79 Å². The van der Waals surface area contributed by atoms with Crippen LogP contribution in [-0.2, 0) is 25.8 Å². The van der Waals surface area contributed by atoms with Crippen molar-refractivity contribution >= 4 is 21.8 Å². The van der Waals surface area contributed by atoms with Crippen LogP contribution in [-0.4, -0.2) is 59.0 Å². The molecule has 1 amide bonds. The standard InChI is InChI=1S/C28H33BrN4O2/c1-31(2)18-19-32(27(34)22-13-15-23(29)16-14-22)17-7-12-26-30-25-11-6-10-24(25)28(35)33(26)20-21-8-4-3-5-9-21/h3-5,8-9,13-16H,6-7,10-12,17-20H2,1-2H3. The Morgan fingerprint density at radius 3 is 2.46 bits per heavy atom. The average Bonchev–Trinajstić information content (AvgIpc) is 3.33. The molecule has 0 N–H and O–H groups in total. The van der Waals surface area contributed by atoms with Gasteiger partial charge in [0.25, 0.3) is 11.5 Å². The molecule has 0 aliphatic heterocycles. The molecular weight excluding hydrogens is 504 g/mol. The number of rotatable bonds is 10. The number of aryl methyl sites for hydroxylation is 2. The molecule has 6 nitrogen and oxygen atoms in total. The molecule has 0 radical (unpaired) electrons. The van der Waals surface area contributed by atoms with Gasteiger partial charge in [0.1, 0.15) is 5.82 Å². The largest absolute Gasteiger partial charge is 0.337 e. The first-order valence-electron chi connectivity index (χ1n) is 12.3. The average molecular weight is 538 g/mol. The van der Waals surface area contributed by atoms with Gasteiger partial charge in [-0.15, -0.1) is 0 Å². The molecular formula is C28H33BrN4O2. The predicted molar refractivity (Wildman–Crippen MR) is 143 cm³/mol. The molecule has 0 saturated carbocycles. The maximum atomic E-state index is 13.3. The van der Waals surface area contributed by atoms with E-state index >= 15 is 0 Å². The van der Waals surface area contributed by atoms with Gasteiger partial charge in [-0.3, -0.25) is 14.2 Å². The lowest BCUT2D eigenvalue weighted by atomic mass is 10.1. The third-order valence-corrected chi connectivity index (χ3v) is 7.00. The predicted octanol–water partition coefficient (Wildman–Crippen LogP) is 4.18. The monoisotopic (exact) mass is 536 g/mol. The maximum absolute atomic E-state index is 13.3. The summed E-state index contributed by atoms with van der Waals surface area (Å²) in [6.45, 7) is 2.58. The van der Waals surface area contributed by atoms with Crippen molar-refractivity contribution in [3.05, 3.63) is 97.6 Å². The Kier molecular flexibility index (Phi) is 8.52. The molecule has 184 valence electrons. The van der Waals surface area contributed by atoms with Crippen molar-refractivity contribution in [3.63, 3.8) is 0 Å². The zero-order valence-electron chi connectivity index (χ0n) is 20.5. The van der Waals surface area contributed by atoms with Gasteiger partial charge in [0.2, 0.25) is 0 Å². The number of benzene rings is 2. The van der Waals surface area contributed by atoms with Crippen LogP contribution in [0.1, 0.15) is 45.8 Å². The molecule has 0 unspecified atom stereocenters. The first-order chi connectivity index (χ1) is 16.9. The highest BCUT2D eigenvalue weighted by Gasteiger charge is 2.21. The van der Waals surface area contributed by atoms with Crippen molar-refractivity contribution in [1.82, 2.24) is 19.4 Å². The number of hydrogen-bond acceptors (Lipinski definition) is 4. The van der Waals surface area contributed by atoms with Gasteiger partial charge in [-0.2, -0.15) is 0 Å². The number of nitrogens with zero attached hydrogens (tertiary/aromatic N) is 4. The number of fused-ring (bicyclic) bond motifs is 1. The summed E-state index contributed by atoms with van der Waals surface area (Å²) < 4.78 is 2.80. The first kappa shape index (κ1) is 25.3. The van der Waals surface area contributed by atoms with E-state index in [4.69, 9.17) is 4.98 Å². The second-order valence-electron chi connectivity index (χ2n) is 9.39. The van der Waals surface area contributed by atoms with Gasteiger partial charge in [0, 0.05) is 41.7 Å². The molecule has 0 spiro atoms. The summed E-state index contributed by atoms with van der Waals surface area (Å²) in [6, 6.07) is 17.6. The number of amides is 1. The van der Waals surface area contributed by atoms with Crippen molar-refractivity contribution in [2.45, 2.75) is 38.6 Å². The van der Waals surface area contributed by atoms with Crippen molar-refractivity contribution in [2.75, 3.05) is 33.7 Å². The van der Waals surface area contributed by atoms with E-state index in [0.717, 1.165) is 59.3 Å². The number of likely N-dealkylation sites (N-methyl/N-ethyl adjacent to an activating group) is 1. The number of aromatic nitrogens is 2. The fourth-order valence-electron chi connectivity index (χ4n) is 4.54. The molecule has 1 aliphatic rings. The first-order valence-corrected chi connectivity index (χ1v) is 13.1. The van der Waals surface area contributed by atoms with Gasteiger partial charge in [-0.25, -0.2) is 4.98 Å². The van der Waals surface area contributed by atoms with Gasteiger partial charge >= 0.3 is 0 Å². The Morgan fingerprint density at radius 1 is 1.00 bits per heavy atom. The van der Waals surface area contributed by atoms with Crippen LogP contribution in [0.2, 0.25) is 0 Å². The molecule has 1 heterocycles. The molecule has 3 aromatic rings. The summed E-state index contributed by atoms with van der Waals surface area (Å²) in [5, 5.41) is 0. The van der Waals surface area contributed by atoms with Crippen LogP contribution in [0.25, 0.3) is 0 Å². The normalized spacial score (nSPS) is 12.7. The zero-order chi connectivity index (χ0) is 24.8. The van der Waals surface area contributed by atoms with Crippen LogP contribution in [0.5, 0.6) is 0 Å². The molecule has 0 atom stereocenters. The highest BCUT2D eigenvalue weighted by atomic mass is 79.9. The number of carbonyl (C=O) groups excluding carboxylic acids is 1.